The average Bonchev–Trinajstić information content (AvgIpc) is 0.705. The fraction of sp³-hybridized carbons (Fsp3) is 0.358. The second-order valence-electron chi connectivity index (χ2n) is 25.3. The first-order valence-electron chi connectivity index (χ1n) is 33.9. The summed E-state index contributed by atoms with van der Waals surface area (Å²) in [5.74, 6) is -0.867. The molecular weight excluding hydrogens is 1370 g/mol. The Labute approximate surface area is 613 Å². The lowest BCUT2D eigenvalue weighted by molar-refractivity contribution is -0.154. The fourth-order valence-corrected chi connectivity index (χ4v) is 15.1. The first kappa shape index (κ1) is 74.0. The molecular formula is C81H84O25. The Hall–Kier alpha value is -11.8. The molecule has 0 N–H and O–H groups in total. The van der Waals surface area contributed by atoms with E-state index in [9.17, 15) is 19.2 Å². The van der Waals surface area contributed by atoms with Crippen LogP contribution < -0.4 is 80.5 Å². The maximum absolute atomic E-state index is 14.7. The van der Waals surface area contributed by atoms with Crippen LogP contribution in [-0.2, 0) is 44.5 Å². The van der Waals surface area contributed by atoms with Gasteiger partial charge in [0.15, 0.2) is 88.7 Å². The number of carbonyl (C=O) groups is 4. The molecule has 0 radical (unpaired) electrons. The van der Waals surface area contributed by atoms with E-state index in [1.54, 1.807) is 109 Å². The molecule has 8 aromatic rings. The third-order valence-electron chi connectivity index (χ3n) is 19.5. The molecule has 0 amide bonds. The summed E-state index contributed by atoms with van der Waals surface area (Å²) in [5, 5.41) is 0. The highest BCUT2D eigenvalue weighted by molar-refractivity contribution is 5.75. The molecule has 25 nitrogen and oxygen atoms in total. The second kappa shape index (κ2) is 31.3. The highest BCUT2D eigenvalue weighted by Crippen LogP contribution is 2.64. The largest absolute Gasteiger partial charge is 0.497 e. The molecule has 0 fully saturated rings. The number of methoxy groups -OCH3 is 13. The Kier molecular flexibility index (Phi) is 21.8. The third kappa shape index (κ3) is 13.8. The Balaban J connectivity index is 1.25. The van der Waals surface area contributed by atoms with E-state index in [1.807, 2.05) is 12.1 Å². The van der Waals surface area contributed by atoms with Crippen molar-refractivity contribution in [2.24, 2.45) is 0 Å². The van der Waals surface area contributed by atoms with Crippen LogP contribution in [0.4, 0.5) is 0 Å². The predicted molar refractivity (Wildman–Crippen MR) is 382 cm³/mol. The molecule has 11 atom stereocenters. The Morgan fingerprint density at radius 1 is 0.302 bits per heavy atom. The zero-order chi connectivity index (χ0) is 75.5. The van der Waals surface area contributed by atoms with Crippen LogP contribution in [0.25, 0.3) is 0 Å². The SMILES string of the molecule is COc1ccc2c(c1)O[C@@H](c1ccc(OC)c(OC)c1)[C@H](OC(C)=O)[C@H]2c1cc2c(cc1OC)O[C@@H](c1ccc(OC)c(OC)c1)[C@H](OC(C)=O)[C@H]2c1c2c(c(OC)c([C@H]3c4ccc(OC)cc4O[C@@H](c4ccc(OC)c(OC)c4)[C@@H]3OC(C)=O)c1OC)C[C@H](OC(C)=O)[C@@H](c1ccc(OC)c(OC)c1)O2. The van der Waals surface area contributed by atoms with Gasteiger partial charge in [0, 0.05) is 114 Å². The van der Waals surface area contributed by atoms with Gasteiger partial charge in [-0.1, -0.05) is 36.4 Å². The molecule has 106 heavy (non-hydrogen) atoms. The van der Waals surface area contributed by atoms with Crippen LogP contribution in [-0.4, -0.2) is 141 Å². The van der Waals surface area contributed by atoms with E-state index in [2.05, 4.69) is 0 Å². The van der Waals surface area contributed by atoms with Gasteiger partial charge in [-0.2, -0.15) is 0 Å². The van der Waals surface area contributed by atoms with Gasteiger partial charge in [0.05, 0.1) is 110 Å². The normalized spacial score (nSPS) is 20.8. The van der Waals surface area contributed by atoms with Crippen LogP contribution in [0.1, 0.15) is 131 Å². The number of fused-ring (bicyclic) bond motifs is 4. The molecule has 4 aliphatic rings. The van der Waals surface area contributed by atoms with Gasteiger partial charge in [-0.05, 0) is 66.7 Å². The van der Waals surface area contributed by atoms with Gasteiger partial charge in [-0.15, -0.1) is 0 Å². The van der Waals surface area contributed by atoms with Crippen LogP contribution in [0.15, 0.2) is 121 Å². The highest BCUT2D eigenvalue weighted by Gasteiger charge is 2.54. The number of benzene rings is 8. The van der Waals surface area contributed by atoms with Crippen molar-refractivity contribution < 1.29 is 119 Å². The number of hydrogen-bond donors (Lipinski definition) is 0. The molecule has 0 saturated heterocycles. The lowest BCUT2D eigenvalue weighted by Gasteiger charge is -2.45. The Morgan fingerprint density at radius 3 is 1.03 bits per heavy atom. The van der Waals surface area contributed by atoms with Crippen molar-refractivity contribution in [3.8, 4) is 97.7 Å². The fourth-order valence-electron chi connectivity index (χ4n) is 15.1. The van der Waals surface area contributed by atoms with Crippen LogP contribution in [0.5, 0.6) is 97.7 Å². The van der Waals surface area contributed by atoms with Gasteiger partial charge in [0.1, 0.15) is 57.8 Å². The minimum Gasteiger partial charge on any atom is -0.497 e. The van der Waals surface area contributed by atoms with Gasteiger partial charge >= 0.3 is 23.9 Å². The first-order chi connectivity index (χ1) is 51.2. The van der Waals surface area contributed by atoms with Crippen molar-refractivity contribution in [3.63, 3.8) is 0 Å². The molecule has 0 bridgehead atoms. The van der Waals surface area contributed by atoms with Crippen molar-refractivity contribution in [2.75, 3.05) is 92.4 Å². The Bertz CT molecular complexity index is 4640. The van der Waals surface area contributed by atoms with Crippen molar-refractivity contribution >= 4 is 23.9 Å². The molecule has 0 unspecified atom stereocenters. The topological polar surface area (TPSA) is 262 Å². The molecule has 558 valence electrons. The third-order valence-corrected chi connectivity index (χ3v) is 19.5. The van der Waals surface area contributed by atoms with Crippen molar-refractivity contribution in [1.29, 1.82) is 0 Å². The summed E-state index contributed by atoms with van der Waals surface area (Å²) in [6, 6.07) is 35.1. The van der Waals surface area contributed by atoms with Crippen molar-refractivity contribution in [3.05, 3.63) is 183 Å². The Morgan fingerprint density at radius 2 is 0.660 bits per heavy atom. The van der Waals surface area contributed by atoms with Gasteiger partial charge in [0.25, 0.3) is 0 Å². The molecule has 0 aliphatic carbocycles. The van der Waals surface area contributed by atoms with Crippen LogP contribution in [0.2, 0.25) is 0 Å². The van der Waals surface area contributed by atoms with Crippen LogP contribution in [0.3, 0.4) is 0 Å². The van der Waals surface area contributed by atoms with E-state index in [1.165, 1.54) is 120 Å². The summed E-state index contributed by atoms with van der Waals surface area (Å²) in [7, 11) is 19.6. The van der Waals surface area contributed by atoms with E-state index >= 15 is 0 Å². The van der Waals surface area contributed by atoms with E-state index in [0.29, 0.717) is 119 Å². The zero-order valence-corrected chi connectivity index (χ0v) is 61.8. The monoisotopic (exact) mass is 1460 g/mol. The summed E-state index contributed by atoms with van der Waals surface area (Å²) in [6.07, 6.45) is -9.88. The van der Waals surface area contributed by atoms with Crippen molar-refractivity contribution in [1.82, 2.24) is 0 Å². The lowest BCUT2D eigenvalue weighted by Crippen LogP contribution is -2.42. The number of carbonyl (C=O) groups excluding carboxylic acids is 4. The molecule has 8 aromatic carbocycles. The molecule has 0 aromatic heterocycles. The van der Waals surface area contributed by atoms with E-state index in [4.69, 9.17) is 99.5 Å². The minimum absolute atomic E-state index is 0.0673. The zero-order valence-electron chi connectivity index (χ0n) is 61.8. The molecule has 25 heteroatoms. The number of esters is 4. The van der Waals surface area contributed by atoms with Gasteiger partial charge in [-0.25, -0.2) is 0 Å². The summed E-state index contributed by atoms with van der Waals surface area (Å²) >= 11 is 0. The van der Waals surface area contributed by atoms with E-state index in [-0.39, 0.29) is 46.3 Å². The second-order valence-corrected chi connectivity index (χ2v) is 25.3. The number of rotatable bonds is 24. The van der Waals surface area contributed by atoms with Crippen LogP contribution >= 0.6 is 0 Å². The quantitative estimate of drug-likeness (QED) is 0.0402. The first-order valence-corrected chi connectivity index (χ1v) is 33.9. The molecule has 0 spiro atoms. The highest BCUT2D eigenvalue weighted by atomic mass is 16.6. The van der Waals surface area contributed by atoms with Gasteiger partial charge in [0.2, 0.25) is 0 Å². The van der Waals surface area contributed by atoms with E-state index in [0.717, 1.165) is 0 Å². The molecule has 0 saturated carbocycles. The number of hydrogen-bond acceptors (Lipinski definition) is 25. The lowest BCUT2D eigenvalue weighted by atomic mass is 9.72. The maximum Gasteiger partial charge on any atom is 0.303 e. The summed E-state index contributed by atoms with van der Waals surface area (Å²) in [6.45, 7) is 5.19. The van der Waals surface area contributed by atoms with Crippen LogP contribution in [0, 0.1) is 0 Å². The summed E-state index contributed by atoms with van der Waals surface area (Å²) in [4.78, 5) is 56.7. The smallest absolute Gasteiger partial charge is 0.303 e. The standard InChI is InChI=1S/C81H84O25/c1-39(82)99-66-37-53-76(97-16)70(68-50-25-23-48(87-6)35-60(50)104-74(80(68)101-41(3)84)45-20-28-56(90-9)64(32-45)95-14)78(98-17)71(77(53)106-72(66)43-18-26-54(88-7)62(30-43)93-12)69-52-36-51(58(92-11)38-61(52)105-75(81(69)102-42(4)85)46-21-29-57(91-10)65(33-46)96-15)67-49-24-22-47(86-5)34-59(49)103-73(79(67)100-40(2)83)44-19-27-55(89-8)63(31-44)94-13/h18-36,38,66-69,72-75,79-81H,37H2,1-17H3/t66-,67+,68+,69+,72+,73-,74-,75-,79+,80+,81+/m0/s1. The number of ether oxygens (including phenoxy) is 21. The van der Waals surface area contributed by atoms with Gasteiger partial charge < -0.3 is 99.5 Å². The van der Waals surface area contributed by atoms with E-state index < -0.39 is 90.5 Å². The molecule has 12 rings (SSSR count). The van der Waals surface area contributed by atoms with Crippen molar-refractivity contribution in [2.45, 2.75) is 101 Å². The summed E-state index contributed by atoms with van der Waals surface area (Å²) in [5.41, 5.74) is 4.56. The molecule has 4 aliphatic heterocycles. The summed E-state index contributed by atoms with van der Waals surface area (Å²) < 4.78 is 135. The average molecular weight is 1460 g/mol. The predicted octanol–water partition coefficient (Wildman–Crippen LogP) is 13.0. The molecule has 4 heterocycles. The maximum atomic E-state index is 14.7. The minimum atomic E-state index is -1.46. The van der Waals surface area contributed by atoms with Gasteiger partial charge in [-0.3, -0.25) is 19.2 Å².